The van der Waals surface area contributed by atoms with E-state index in [0.717, 1.165) is 17.2 Å². The zero-order valence-electron chi connectivity index (χ0n) is 17.9. The molecule has 1 aliphatic heterocycles. The van der Waals surface area contributed by atoms with Gasteiger partial charge in [0.2, 0.25) is 5.60 Å². The predicted molar refractivity (Wildman–Crippen MR) is 120 cm³/mol. The molecule has 0 bridgehead atoms. The number of amides is 2. The smallest absolute Gasteiger partial charge is 0.334 e. The first kappa shape index (κ1) is 22.9. The van der Waals surface area contributed by atoms with Gasteiger partial charge in [0.1, 0.15) is 5.82 Å². The minimum absolute atomic E-state index is 0.0911. The van der Waals surface area contributed by atoms with Crippen molar-refractivity contribution in [2.45, 2.75) is 31.9 Å². The number of hydrogen-bond acceptors (Lipinski definition) is 5. The molecule has 33 heavy (non-hydrogen) atoms. The van der Waals surface area contributed by atoms with Crippen LogP contribution >= 0.6 is 11.6 Å². The van der Waals surface area contributed by atoms with Gasteiger partial charge in [-0.3, -0.25) is 9.59 Å². The Morgan fingerprint density at radius 2 is 2.06 bits per heavy atom. The SMILES string of the molecule is CCOC(=O)C1=Cc2cc(N3CC[C@@](O)(C(=O)NCc4cc(F)cc(Cl)c4)C3=O)ccc2C1. The predicted octanol–water partition coefficient (Wildman–Crippen LogP) is 2.77. The average Bonchev–Trinajstić information content (AvgIpc) is 3.33. The fourth-order valence-electron chi connectivity index (χ4n) is 4.05. The van der Waals surface area contributed by atoms with Crippen LogP contribution in [0.3, 0.4) is 0 Å². The molecule has 7 nitrogen and oxygen atoms in total. The molecule has 1 atom stereocenters. The van der Waals surface area contributed by atoms with Crippen LogP contribution in [0, 0.1) is 5.82 Å². The van der Waals surface area contributed by atoms with Crippen molar-refractivity contribution in [2.24, 2.45) is 0 Å². The number of halogens is 2. The topological polar surface area (TPSA) is 95.9 Å². The second-order valence-corrected chi connectivity index (χ2v) is 8.41. The Morgan fingerprint density at radius 3 is 2.79 bits per heavy atom. The molecule has 172 valence electrons. The number of anilines is 1. The number of hydrogen-bond donors (Lipinski definition) is 2. The Kier molecular flexibility index (Phi) is 6.23. The zero-order chi connectivity index (χ0) is 23.8. The lowest BCUT2D eigenvalue weighted by molar-refractivity contribution is -0.149. The molecule has 2 amide bonds. The second kappa shape index (κ2) is 8.96. The molecular weight excluding hydrogens is 451 g/mol. The van der Waals surface area contributed by atoms with E-state index in [1.165, 1.54) is 17.0 Å². The van der Waals surface area contributed by atoms with Crippen molar-refractivity contribution in [1.82, 2.24) is 5.32 Å². The summed E-state index contributed by atoms with van der Waals surface area (Å²) in [6, 6.07) is 9.11. The van der Waals surface area contributed by atoms with Gasteiger partial charge >= 0.3 is 5.97 Å². The van der Waals surface area contributed by atoms with Crippen molar-refractivity contribution in [1.29, 1.82) is 0 Å². The largest absolute Gasteiger partial charge is 0.463 e. The van der Waals surface area contributed by atoms with Crippen molar-refractivity contribution in [3.8, 4) is 0 Å². The summed E-state index contributed by atoms with van der Waals surface area (Å²) in [5.41, 5.74) is 0.927. The highest BCUT2D eigenvalue weighted by atomic mass is 35.5. The molecule has 4 rings (SSSR count). The third kappa shape index (κ3) is 4.49. The quantitative estimate of drug-likeness (QED) is 0.498. The minimum Gasteiger partial charge on any atom is -0.463 e. The Hall–Kier alpha value is -3.23. The number of rotatable bonds is 6. The fraction of sp³-hybridized carbons (Fsp3) is 0.292. The number of fused-ring (bicyclic) bond motifs is 1. The lowest BCUT2D eigenvalue weighted by Gasteiger charge is -2.22. The molecule has 0 radical (unpaired) electrons. The zero-order valence-corrected chi connectivity index (χ0v) is 18.6. The van der Waals surface area contributed by atoms with Crippen LogP contribution in [0.4, 0.5) is 10.1 Å². The molecule has 9 heteroatoms. The summed E-state index contributed by atoms with van der Waals surface area (Å²) in [4.78, 5) is 39.0. The van der Waals surface area contributed by atoms with Crippen molar-refractivity contribution in [2.75, 3.05) is 18.1 Å². The standard InChI is InChI=1S/C24H22ClFN2O5/c1-2-33-21(29)17-9-15-3-4-20(11-16(15)10-17)28-6-5-24(32,23(28)31)22(30)27-13-14-7-18(25)12-19(26)8-14/h3-4,7-8,10-12,32H,2,5-6,9,13H2,1H3,(H,27,30)/t24-/m1/s1. The van der Waals surface area contributed by atoms with Crippen LogP contribution < -0.4 is 10.2 Å². The normalized spacial score (nSPS) is 19.3. The maximum absolute atomic E-state index is 13.5. The molecule has 2 aromatic rings. The number of ether oxygens (including phenoxy) is 1. The van der Waals surface area contributed by atoms with E-state index in [4.69, 9.17) is 16.3 Å². The molecule has 2 aromatic carbocycles. The Labute approximate surface area is 194 Å². The lowest BCUT2D eigenvalue weighted by Crippen LogP contribution is -2.52. The molecule has 1 heterocycles. The molecule has 0 unspecified atom stereocenters. The summed E-state index contributed by atoms with van der Waals surface area (Å²) in [6.45, 7) is 2.07. The highest BCUT2D eigenvalue weighted by Gasteiger charge is 2.51. The van der Waals surface area contributed by atoms with E-state index in [1.807, 2.05) is 6.07 Å². The van der Waals surface area contributed by atoms with Crippen LogP contribution in [0.2, 0.25) is 5.02 Å². The number of carbonyl (C=O) groups excluding carboxylic acids is 3. The number of nitrogens with zero attached hydrogens (tertiary/aromatic N) is 1. The van der Waals surface area contributed by atoms with Gasteiger partial charge in [-0.1, -0.05) is 17.7 Å². The van der Waals surface area contributed by atoms with Crippen molar-refractivity contribution in [3.63, 3.8) is 0 Å². The van der Waals surface area contributed by atoms with E-state index in [2.05, 4.69) is 5.32 Å². The summed E-state index contributed by atoms with van der Waals surface area (Å²) < 4.78 is 18.5. The van der Waals surface area contributed by atoms with Crippen molar-refractivity contribution >= 4 is 41.1 Å². The van der Waals surface area contributed by atoms with Gasteiger partial charge in [0.05, 0.1) is 6.61 Å². The maximum Gasteiger partial charge on any atom is 0.334 e. The molecule has 0 aromatic heterocycles. The highest BCUT2D eigenvalue weighted by Crippen LogP contribution is 2.33. The van der Waals surface area contributed by atoms with Gasteiger partial charge in [0, 0.05) is 42.2 Å². The van der Waals surface area contributed by atoms with E-state index in [0.29, 0.717) is 23.2 Å². The van der Waals surface area contributed by atoms with Crippen LogP contribution in [0.25, 0.3) is 6.08 Å². The Balaban J connectivity index is 1.47. The van der Waals surface area contributed by atoms with Gasteiger partial charge < -0.3 is 20.1 Å². The van der Waals surface area contributed by atoms with Crippen molar-refractivity contribution < 1.29 is 28.6 Å². The van der Waals surface area contributed by atoms with E-state index in [9.17, 15) is 23.9 Å². The van der Waals surface area contributed by atoms with Crippen molar-refractivity contribution in [3.05, 3.63) is 69.5 Å². The number of esters is 1. The lowest BCUT2D eigenvalue weighted by atomic mass is 10.0. The third-order valence-electron chi connectivity index (χ3n) is 5.74. The van der Waals surface area contributed by atoms with Crippen LogP contribution in [0.1, 0.15) is 30.0 Å². The molecular formula is C24H22ClFN2O5. The summed E-state index contributed by atoms with van der Waals surface area (Å²) in [5.74, 6) is -2.53. The first-order chi connectivity index (χ1) is 15.7. The number of aliphatic hydroxyl groups is 1. The molecule has 1 aliphatic carbocycles. The van der Waals surface area contributed by atoms with Gasteiger partial charge in [0.25, 0.3) is 11.8 Å². The van der Waals surface area contributed by atoms with Crippen LogP contribution in [0.15, 0.2) is 42.0 Å². The van der Waals surface area contributed by atoms with Crippen LogP contribution in [-0.2, 0) is 32.1 Å². The summed E-state index contributed by atoms with van der Waals surface area (Å²) >= 11 is 5.82. The Morgan fingerprint density at radius 1 is 1.27 bits per heavy atom. The summed E-state index contributed by atoms with van der Waals surface area (Å²) in [6.07, 6.45) is 2.07. The van der Waals surface area contributed by atoms with E-state index in [-0.39, 0.29) is 37.1 Å². The fourth-order valence-corrected chi connectivity index (χ4v) is 4.29. The number of nitrogens with one attached hydrogen (secondary N) is 1. The van der Waals surface area contributed by atoms with E-state index < -0.39 is 23.2 Å². The number of benzene rings is 2. The van der Waals surface area contributed by atoms with E-state index >= 15 is 0 Å². The Bertz CT molecular complexity index is 1160. The number of carbonyl (C=O) groups is 3. The molecule has 0 saturated carbocycles. The first-order valence-corrected chi connectivity index (χ1v) is 10.9. The van der Waals surface area contributed by atoms with Gasteiger partial charge in [-0.25, -0.2) is 9.18 Å². The monoisotopic (exact) mass is 472 g/mol. The highest BCUT2D eigenvalue weighted by molar-refractivity contribution is 6.30. The molecule has 2 N–H and O–H groups in total. The second-order valence-electron chi connectivity index (χ2n) is 7.98. The molecule has 2 aliphatic rings. The molecule has 1 saturated heterocycles. The van der Waals surface area contributed by atoms with Crippen LogP contribution in [-0.4, -0.2) is 41.6 Å². The molecule has 0 spiro atoms. The summed E-state index contributed by atoms with van der Waals surface area (Å²) in [7, 11) is 0. The average molecular weight is 473 g/mol. The van der Waals surface area contributed by atoms with Gasteiger partial charge in [0.15, 0.2) is 0 Å². The third-order valence-corrected chi connectivity index (χ3v) is 5.95. The van der Waals surface area contributed by atoms with Gasteiger partial charge in [-0.15, -0.1) is 0 Å². The minimum atomic E-state index is -2.23. The first-order valence-electron chi connectivity index (χ1n) is 10.5. The summed E-state index contributed by atoms with van der Waals surface area (Å²) in [5, 5.41) is 13.5. The van der Waals surface area contributed by atoms with Gasteiger partial charge in [-0.05, 0) is 60.0 Å². The molecule has 1 fully saturated rings. The van der Waals surface area contributed by atoms with Crippen LogP contribution in [0.5, 0.6) is 0 Å². The van der Waals surface area contributed by atoms with Gasteiger partial charge in [-0.2, -0.15) is 0 Å². The maximum atomic E-state index is 13.5. The van der Waals surface area contributed by atoms with E-state index in [1.54, 1.807) is 25.1 Å².